The van der Waals surface area contributed by atoms with Crippen LogP contribution in [0.15, 0.2) is 48.5 Å². The van der Waals surface area contributed by atoms with Crippen molar-refractivity contribution in [2.75, 3.05) is 0 Å². The average molecular weight is 309 g/mol. The summed E-state index contributed by atoms with van der Waals surface area (Å²) in [6.45, 7) is 0. The fourth-order valence-electron chi connectivity index (χ4n) is 2.21. The van der Waals surface area contributed by atoms with Crippen LogP contribution in [0.5, 0.6) is 0 Å². The van der Waals surface area contributed by atoms with Crippen LogP contribution in [-0.4, -0.2) is 16.1 Å². The number of aromatic nitrogens is 1. The van der Waals surface area contributed by atoms with Gasteiger partial charge in [0.2, 0.25) is 0 Å². The first-order chi connectivity index (χ1) is 10.6. The minimum Gasteiger partial charge on any atom is -0.478 e. The first-order valence-corrected chi connectivity index (χ1v) is 6.80. The van der Waals surface area contributed by atoms with Gasteiger partial charge in [-0.2, -0.15) is 5.26 Å². The number of halogens is 1. The molecule has 0 fully saturated rings. The summed E-state index contributed by atoms with van der Waals surface area (Å²) in [5.74, 6) is -1.02. The molecule has 0 bridgehead atoms. The van der Waals surface area contributed by atoms with E-state index >= 15 is 0 Å². The molecule has 22 heavy (non-hydrogen) atoms. The summed E-state index contributed by atoms with van der Waals surface area (Å²) >= 11 is 6.27. The van der Waals surface area contributed by atoms with Gasteiger partial charge in [0.15, 0.2) is 0 Å². The highest BCUT2D eigenvalue weighted by molar-refractivity contribution is 6.35. The molecule has 5 heteroatoms. The van der Waals surface area contributed by atoms with E-state index in [0.29, 0.717) is 27.2 Å². The number of carboxylic acids is 1. The summed E-state index contributed by atoms with van der Waals surface area (Å²) in [7, 11) is 0. The molecule has 3 rings (SSSR count). The Balaban J connectivity index is 2.22. The Morgan fingerprint density at radius 1 is 1.18 bits per heavy atom. The maximum Gasteiger partial charge on any atom is 0.335 e. The predicted molar refractivity (Wildman–Crippen MR) is 83.9 cm³/mol. The Morgan fingerprint density at radius 3 is 2.73 bits per heavy atom. The van der Waals surface area contributed by atoms with E-state index < -0.39 is 5.97 Å². The van der Waals surface area contributed by atoms with Gasteiger partial charge in [0.05, 0.1) is 33.4 Å². The van der Waals surface area contributed by atoms with Crippen LogP contribution < -0.4 is 0 Å². The van der Waals surface area contributed by atoms with E-state index in [1.807, 2.05) is 6.07 Å². The third-order valence-corrected chi connectivity index (χ3v) is 3.61. The van der Waals surface area contributed by atoms with Crippen molar-refractivity contribution < 1.29 is 9.90 Å². The Bertz CT molecular complexity index is 945. The largest absolute Gasteiger partial charge is 0.478 e. The number of hydrogen-bond donors (Lipinski definition) is 1. The minimum atomic E-state index is -1.02. The zero-order chi connectivity index (χ0) is 15.7. The lowest BCUT2D eigenvalue weighted by Crippen LogP contribution is -1.96. The third-order valence-electron chi connectivity index (χ3n) is 3.29. The Kier molecular flexibility index (Phi) is 3.50. The fraction of sp³-hybridized carbons (Fsp3) is 0. The number of nitriles is 1. The Hall–Kier alpha value is -2.90. The molecule has 1 aromatic heterocycles. The molecule has 0 aliphatic rings. The van der Waals surface area contributed by atoms with Crippen LogP contribution >= 0.6 is 11.6 Å². The second-order valence-electron chi connectivity index (χ2n) is 4.72. The van der Waals surface area contributed by atoms with Crippen molar-refractivity contribution in [3.8, 4) is 17.3 Å². The molecular formula is C17H9ClN2O2. The molecule has 2 aromatic carbocycles. The number of hydrogen-bond acceptors (Lipinski definition) is 3. The Labute approximate surface area is 131 Å². The van der Waals surface area contributed by atoms with Crippen LogP contribution in [0.4, 0.5) is 0 Å². The molecule has 1 heterocycles. The summed E-state index contributed by atoms with van der Waals surface area (Å²) in [5, 5.41) is 19.2. The zero-order valence-corrected chi connectivity index (χ0v) is 12.0. The number of rotatable bonds is 2. The zero-order valence-electron chi connectivity index (χ0n) is 11.2. The number of aromatic carboxylic acids is 1. The maximum absolute atomic E-state index is 11.1. The molecule has 0 spiro atoms. The van der Waals surface area contributed by atoms with Crippen molar-refractivity contribution in [2.45, 2.75) is 0 Å². The molecule has 1 N–H and O–H groups in total. The third kappa shape index (κ3) is 2.50. The van der Waals surface area contributed by atoms with Gasteiger partial charge in [-0.25, -0.2) is 9.78 Å². The van der Waals surface area contributed by atoms with Gasteiger partial charge in [-0.1, -0.05) is 29.8 Å². The van der Waals surface area contributed by atoms with Gasteiger partial charge in [0.25, 0.3) is 0 Å². The summed E-state index contributed by atoms with van der Waals surface area (Å²) in [5.41, 5.74) is 2.53. The number of pyridine rings is 1. The molecule has 3 aromatic rings. The van der Waals surface area contributed by atoms with Crippen molar-refractivity contribution in [3.63, 3.8) is 0 Å². The second kappa shape index (κ2) is 5.47. The minimum absolute atomic E-state index is 0.152. The summed E-state index contributed by atoms with van der Waals surface area (Å²) in [6.07, 6.45) is 0. The van der Waals surface area contributed by atoms with Gasteiger partial charge in [-0.05, 0) is 30.3 Å². The number of benzene rings is 2. The number of fused-ring (bicyclic) bond motifs is 1. The van der Waals surface area contributed by atoms with Gasteiger partial charge < -0.3 is 5.11 Å². The highest BCUT2D eigenvalue weighted by Gasteiger charge is 2.10. The highest BCUT2D eigenvalue weighted by Crippen LogP contribution is 2.29. The standard InChI is InChI=1S/C17H9ClN2O2/c18-14-8-15(11-3-1-2-10(6-11)9-19)20-16-7-12(17(21)22)4-5-13(14)16/h1-8H,(H,21,22). The first-order valence-electron chi connectivity index (χ1n) is 6.42. The van der Waals surface area contributed by atoms with Crippen molar-refractivity contribution in [2.24, 2.45) is 0 Å². The van der Waals surface area contributed by atoms with E-state index in [2.05, 4.69) is 11.1 Å². The van der Waals surface area contributed by atoms with Crippen LogP contribution in [0, 0.1) is 11.3 Å². The monoisotopic (exact) mass is 308 g/mol. The highest BCUT2D eigenvalue weighted by atomic mass is 35.5. The van der Waals surface area contributed by atoms with E-state index in [0.717, 1.165) is 5.56 Å². The molecule has 0 radical (unpaired) electrons. The van der Waals surface area contributed by atoms with E-state index in [4.69, 9.17) is 22.0 Å². The van der Waals surface area contributed by atoms with Gasteiger partial charge in [-0.3, -0.25) is 0 Å². The van der Waals surface area contributed by atoms with E-state index in [-0.39, 0.29) is 5.56 Å². The Morgan fingerprint density at radius 2 is 2.00 bits per heavy atom. The second-order valence-corrected chi connectivity index (χ2v) is 5.13. The maximum atomic E-state index is 11.1. The van der Waals surface area contributed by atoms with E-state index in [9.17, 15) is 4.79 Å². The lowest BCUT2D eigenvalue weighted by Gasteiger charge is -2.07. The van der Waals surface area contributed by atoms with Crippen molar-refractivity contribution in [1.82, 2.24) is 4.98 Å². The van der Waals surface area contributed by atoms with Crippen LogP contribution in [0.3, 0.4) is 0 Å². The summed E-state index contributed by atoms with van der Waals surface area (Å²) in [6, 6.07) is 15.4. The van der Waals surface area contributed by atoms with Crippen LogP contribution in [0.25, 0.3) is 22.2 Å². The fourth-order valence-corrected chi connectivity index (χ4v) is 2.48. The quantitative estimate of drug-likeness (QED) is 0.772. The predicted octanol–water partition coefficient (Wildman–Crippen LogP) is 4.13. The smallest absolute Gasteiger partial charge is 0.335 e. The molecule has 0 aliphatic carbocycles. The van der Waals surface area contributed by atoms with Gasteiger partial charge >= 0.3 is 5.97 Å². The molecular weight excluding hydrogens is 300 g/mol. The summed E-state index contributed by atoms with van der Waals surface area (Å²) in [4.78, 5) is 15.5. The SMILES string of the molecule is N#Cc1cccc(-c2cc(Cl)c3ccc(C(=O)O)cc3n2)c1. The van der Waals surface area contributed by atoms with Crippen LogP contribution in [0.2, 0.25) is 5.02 Å². The molecule has 0 aliphatic heterocycles. The van der Waals surface area contributed by atoms with Gasteiger partial charge in [0.1, 0.15) is 0 Å². The molecule has 0 amide bonds. The normalized spacial score (nSPS) is 10.4. The lowest BCUT2D eigenvalue weighted by molar-refractivity contribution is 0.0697. The van der Waals surface area contributed by atoms with E-state index in [1.54, 1.807) is 30.3 Å². The summed E-state index contributed by atoms with van der Waals surface area (Å²) < 4.78 is 0. The van der Waals surface area contributed by atoms with Crippen molar-refractivity contribution in [1.29, 1.82) is 5.26 Å². The molecule has 0 saturated heterocycles. The van der Waals surface area contributed by atoms with Crippen molar-refractivity contribution >= 4 is 28.5 Å². The molecule has 0 unspecified atom stereocenters. The number of nitrogens with zero attached hydrogens (tertiary/aromatic N) is 2. The van der Waals surface area contributed by atoms with Gasteiger partial charge in [-0.15, -0.1) is 0 Å². The molecule has 0 atom stereocenters. The van der Waals surface area contributed by atoms with Crippen molar-refractivity contribution in [3.05, 3.63) is 64.7 Å². The number of carboxylic acid groups (broad SMARTS) is 1. The average Bonchev–Trinajstić information content (AvgIpc) is 2.54. The van der Waals surface area contributed by atoms with E-state index in [1.165, 1.54) is 12.1 Å². The number of carbonyl (C=O) groups is 1. The molecule has 0 saturated carbocycles. The van der Waals surface area contributed by atoms with Crippen LogP contribution in [0.1, 0.15) is 15.9 Å². The molecule has 4 nitrogen and oxygen atoms in total. The molecule has 106 valence electrons. The first kappa shape index (κ1) is 14.1. The topological polar surface area (TPSA) is 74.0 Å². The van der Waals surface area contributed by atoms with Crippen LogP contribution in [-0.2, 0) is 0 Å². The lowest BCUT2D eigenvalue weighted by atomic mass is 10.1. The van der Waals surface area contributed by atoms with Gasteiger partial charge in [0, 0.05) is 10.9 Å².